The molecular formula is C15H21N3O. The normalized spacial score (nSPS) is 10.3. The number of anilines is 1. The highest BCUT2D eigenvalue weighted by atomic mass is 16.1. The second-order valence-corrected chi connectivity index (χ2v) is 4.38. The van der Waals surface area contributed by atoms with Gasteiger partial charge in [-0.25, -0.2) is 0 Å². The Balaban J connectivity index is 2.75. The molecule has 0 fully saturated rings. The third kappa shape index (κ3) is 4.38. The third-order valence-electron chi connectivity index (χ3n) is 3.17. The second-order valence-electron chi connectivity index (χ2n) is 4.38. The van der Waals surface area contributed by atoms with Gasteiger partial charge in [-0.2, -0.15) is 5.26 Å². The molecule has 1 N–H and O–H groups in total. The van der Waals surface area contributed by atoms with Crippen LogP contribution >= 0.6 is 0 Å². The van der Waals surface area contributed by atoms with Gasteiger partial charge in [0.1, 0.15) is 0 Å². The molecular weight excluding hydrogens is 238 g/mol. The molecule has 0 heterocycles. The average molecular weight is 259 g/mol. The summed E-state index contributed by atoms with van der Waals surface area (Å²) in [5, 5.41) is 12.2. The van der Waals surface area contributed by atoms with Gasteiger partial charge in [-0.05, 0) is 38.2 Å². The molecule has 1 rings (SSSR count). The minimum atomic E-state index is 0.00910. The monoisotopic (exact) mass is 259 g/mol. The zero-order chi connectivity index (χ0) is 14.3. The first-order valence-electron chi connectivity index (χ1n) is 6.63. The van der Waals surface area contributed by atoms with Crippen LogP contribution in [0.5, 0.6) is 0 Å². The fourth-order valence-corrected chi connectivity index (χ4v) is 1.96. The quantitative estimate of drug-likeness (QED) is 0.764. The molecule has 0 aliphatic carbocycles. The first-order valence-corrected chi connectivity index (χ1v) is 6.63. The lowest BCUT2D eigenvalue weighted by Gasteiger charge is -2.19. The standard InChI is InChI=1S/C15H21N3O/c1-4-18(5-2)9-8-17-15-10-13(11-16)6-7-14(15)12(3)19/h6-7,10,17H,4-5,8-9H2,1-3H3. The maximum atomic E-state index is 11.5. The van der Waals surface area contributed by atoms with Crippen molar-refractivity contribution in [2.45, 2.75) is 20.8 Å². The highest BCUT2D eigenvalue weighted by Gasteiger charge is 2.08. The molecule has 0 aromatic heterocycles. The van der Waals surface area contributed by atoms with Crippen LogP contribution in [0.25, 0.3) is 0 Å². The van der Waals surface area contributed by atoms with E-state index in [1.165, 1.54) is 6.92 Å². The summed E-state index contributed by atoms with van der Waals surface area (Å²) in [7, 11) is 0. The van der Waals surface area contributed by atoms with Crippen molar-refractivity contribution >= 4 is 11.5 Å². The predicted octanol–water partition coefficient (Wildman–Crippen LogP) is 2.51. The van der Waals surface area contributed by atoms with Crippen molar-refractivity contribution in [1.82, 2.24) is 4.90 Å². The van der Waals surface area contributed by atoms with Gasteiger partial charge in [0.2, 0.25) is 0 Å². The van der Waals surface area contributed by atoms with Crippen molar-refractivity contribution in [1.29, 1.82) is 5.26 Å². The van der Waals surface area contributed by atoms with Gasteiger partial charge >= 0.3 is 0 Å². The number of carbonyl (C=O) groups excluding carboxylic acids is 1. The van der Waals surface area contributed by atoms with Gasteiger partial charge < -0.3 is 10.2 Å². The lowest BCUT2D eigenvalue weighted by Crippen LogP contribution is -2.28. The Kier molecular flexibility index (Phi) is 6.04. The third-order valence-corrected chi connectivity index (χ3v) is 3.17. The average Bonchev–Trinajstić information content (AvgIpc) is 2.43. The molecule has 19 heavy (non-hydrogen) atoms. The molecule has 0 aliphatic heterocycles. The Morgan fingerprint density at radius 1 is 1.37 bits per heavy atom. The Labute approximate surface area is 115 Å². The molecule has 4 heteroatoms. The zero-order valence-electron chi connectivity index (χ0n) is 11.9. The molecule has 4 nitrogen and oxygen atoms in total. The number of carbonyl (C=O) groups is 1. The summed E-state index contributed by atoms with van der Waals surface area (Å²) in [4.78, 5) is 13.8. The van der Waals surface area contributed by atoms with Gasteiger partial charge in [0.25, 0.3) is 0 Å². The highest BCUT2D eigenvalue weighted by Crippen LogP contribution is 2.18. The van der Waals surface area contributed by atoms with Crippen molar-refractivity contribution in [3.63, 3.8) is 0 Å². The molecule has 0 spiro atoms. The number of Topliss-reactive ketones (excluding diaryl/α,β-unsaturated/α-hetero) is 1. The second kappa shape index (κ2) is 7.55. The number of nitriles is 1. The van der Waals surface area contributed by atoms with E-state index in [9.17, 15) is 4.79 Å². The Morgan fingerprint density at radius 3 is 2.58 bits per heavy atom. The van der Waals surface area contributed by atoms with E-state index in [0.717, 1.165) is 31.9 Å². The van der Waals surface area contributed by atoms with Crippen LogP contribution in [0.4, 0.5) is 5.69 Å². The summed E-state index contributed by atoms with van der Waals surface area (Å²) in [6.07, 6.45) is 0. The smallest absolute Gasteiger partial charge is 0.161 e. The lowest BCUT2D eigenvalue weighted by molar-refractivity contribution is 0.101. The van der Waals surface area contributed by atoms with Crippen molar-refractivity contribution in [3.8, 4) is 6.07 Å². The minimum Gasteiger partial charge on any atom is -0.383 e. The summed E-state index contributed by atoms with van der Waals surface area (Å²) in [6, 6.07) is 7.21. The first-order chi connectivity index (χ1) is 9.12. The van der Waals surface area contributed by atoms with Crippen molar-refractivity contribution in [2.24, 2.45) is 0 Å². The van der Waals surface area contributed by atoms with E-state index in [0.29, 0.717) is 11.1 Å². The number of hydrogen-bond donors (Lipinski definition) is 1. The van der Waals surface area contributed by atoms with Gasteiger partial charge in [-0.1, -0.05) is 13.8 Å². The predicted molar refractivity (Wildman–Crippen MR) is 77.4 cm³/mol. The maximum Gasteiger partial charge on any atom is 0.161 e. The van der Waals surface area contributed by atoms with Crippen LogP contribution in [0.3, 0.4) is 0 Å². The van der Waals surface area contributed by atoms with Gasteiger partial charge in [-0.15, -0.1) is 0 Å². The van der Waals surface area contributed by atoms with E-state index in [2.05, 4.69) is 30.1 Å². The van der Waals surface area contributed by atoms with Crippen LogP contribution < -0.4 is 5.32 Å². The van der Waals surface area contributed by atoms with Crippen LogP contribution in [-0.2, 0) is 0 Å². The number of nitrogens with zero attached hydrogens (tertiary/aromatic N) is 2. The van der Waals surface area contributed by atoms with Crippen LogP contribution in [0.2, 0.25) is 0 Å². The summed E-state index contributed by atoms with van der Waals surface area (Å²) in [5.41, 5.74) is 1.95. The van der Waals surface area contributed by atoms with Gasteiger partial charge in [-0.3, -0.25) is 4.79 Å². The summed E-state index contributed by atoms with van der Waals surface area (Å²) in [5.74, 6) is 0.00910. The molecule has 1 aromatic carbocycles. The molecule has 0 unspecified atom stereocenters. The van der Waals surface area contributed by atoms with E-state index < -0.39 is 0 Å². The van der Waals surface area contributed by atoms with E-state index in [4.69, 9.17) is 5.26 Å². The number of likely N-dealkylation sites (N-methyl/N-ethyl adjacent to an activating group) is 1. The molecule has 0 saturated heterocycles. The fourth-order valence-electron chi connectivity index (χ4n) is 1.96. The van der Waals surface area contributed by atoms with Gasteiger partial charge in [0, 0.05) is 24.3 Å². The first kappa shape index (κ1) is 15.2. The Bertz CT molecular complexity index is 473. The van der Waals surface area contributed by atoms with Crippen LogP contribution in [0.1, 0.15) is 36.7 Å². The Morgan fingerprint density at radius 2 is 2.05 bits per heavy atom. The molecule has 0 bridgehead atoms. The van der Waals surface area contributed by atoms with Crippen LogP contribution in [0.15, 0.2) is 18.2 Å². The molecule has 0 aliphatic rings. The maximum absolute atomic E-state index is 11.5. The van der Waals surface area contributed by atoms with Crippen LogP contribution in [-0.4, -0.2) is 36.9 Å². The largest absolute Gasteiger partial charge is 0.383 e. The minimum absolute atomic E-state index is 0.00910. The van der Waals surface area contributed by atoms with E-state index >= 15 is 0 Å². The molecule has 0 amide bonds. The number of nitrogens with one attached hydrogen (secondary N) is 1. The molecule has 0 radical (unpaired) electrons. The van der Waals surface area contributed by atoms with E-state index in [1.54, 1.807) is 18.2 Å². The van der Waals surface area contributed by atoms with Crippen molar-refractivity contribution in [2.75, 3.05) is 31.5 Å². The lowest BCUT2D eigenvalue weighted by atomic mass is 10.1. The molecule has 102 valence electrons. The molecule has 0 atom stereocenters. The summed E-state index contributed by atoms with van der Waals surface area (Å²) >= 11 is 0. The molecule has 0 saturated carbocycles. The summed E-state index contributed by atoms with van der Waals surface area (Å²) < 4.78 is 0. The highest BCUT2D eigenvalue weighted by molar-refractivity contribution is 5.99. The van der Waals surface area contributed by atoms with Crippen molar-refractivity contribution in [3.05, 3.63) is 29.3 Å². The summed E-state index contributed by atoms with van der Waals surface area (Å²) in [6.45, 7) is 9.49. The number of hydrogen-bond acceptors (Lipinski definition) is 4. The zero-order valence-corrected chi connectivity index (χ0v) is 11.9. The van der Waals surface area contributed by atoms with Gasteiger partial charge in [0.15, 0.2) is 5.78 Å². The van der Waals surface area contributed by atoms with E-state index in [-0.39, 0.29) is 5.78 Å². The molecule has 1 aromatic rings. The van der Waals surface area contributed by atoms with Crippen LogP contribution in [0, 0.1) is 11.3 Å². The van der Waals surface area contributed by atoms with E-state index in [1.807, 2.05) is 0 Å². The number of benzene rings is 1. The number of ketones is 1. The van der Waals surface area contributed by atoms with Gasteiger partial charge in [0.05, 0.1) is 11.6 Å². The topological polar surface area (TPSA) is 56.1 Å². The fraction of sp³-hybridized carbons (Fsp3) is 0.467. The Hall–Kier alpha value is -1.86. The SMILES string of the molecule is CCN(CC)CCNc1cc(C#N)ccc1C(C)=O. The number of rotatable bonds is 7. The van der Waals surface area contributed by atoms with Crippen molar-refractivity contribution < 1.29 is 4.79 Å².